The Hall–Kier alpha value is -1.39. The maximum Gasteiger partial charge on any atom is 0.233 e. The van der Waals surface area contributed by atoms with Crippen LogP contribution in [-0.4, -0.2) is 35.7 Å². The zero-order valence-electron chi connectivity index (χ0n) is 18.8. The van der Waals surface area contributed by atoms with Crippen LogP contribution >= 0.6 is 0 Å². The van der Waals surface area contributed by atoms with Crippen molar-refractivity contribution in [1.29, 1.82) is 0 Å². The minimum atomic E-state index is -0.187. The molecule has 0 aromatic rings. The fourth-order valence-electron chi connectivity index (χ4n) is 4.34. The molecule has 1 aliphatic heterocycles. The average Bonchev–Trinajstić information content (AvgIpc) is 2.83. The molecule has 1 saturated carbocycles. The summed E-state index contributed by atoms with van der Waals surface area (Å²) in [7, 11) is 0. The van der Waals surface area contributed by atoms with E-state index in [2.05, 4.69) is 26.1 Å². The number of hydrogen-bond acceptors (Lipinski definition) is 3. The summed E-state index contributed by atoms with van der Waals surface area (Å²) in [5.41, 5.74) is 0.0707. The smallest absolute Gasteiger partial charge is 0.233 e. The molecule has 0 bridgehead atoms. The predicted octanol–water partition coefficient (Wildman–Crippen LogP) is 4.16. The Kier molecular flexibility index (Phi) is 7.33. The number of rotatable bonds is 6. The van der Waals surface area contributed by atoms with Crippen molar-refractivity contribution in [2.75, 3.05) is 13.1 Å². The van der Waals surface area contributed by atoms with Gasteiger partial charge in [-0.25, -0.2) is 0 Å². The molecule has 1 unspecified atom stereocenters. The van der Waals surface area contributed by atoms with Crippen molar-refractivity contribution >= 4 is 17.7 Å². The molecule has 0 radical (unpaired) electrons. The van der Waals surface area contributed by atoms with Crippen molar-refractivity contribution in [3.8, 4) is 0 Å². The van der Waals surface area contributed by atoms with Crippen molar-refractivity contribution < 1.29 is 14.4 Å². The van der Waals surface area contributed by atoms with Crippen LogP contribution in [0.2, 0.25) is 0 Å². The second-order valence-corrected chi connectivity index (χ2v) is 11.2. The van der Waals surface area contributed by atoms with Crippen LogP contribution in [0, 0.1) is 28.6 Å². The molecular weight excluding hydrogens is 352 g/mol. The largest absolute Gasteiger partial charge is 0.356 e. The van der Waals surface area contributed by atoms with Crippen LogP contribution < -0.4 is 5.32 Å². The summed E-state index contributed by atoms with van der Waals surface area (Å²) in [6.07, 6.45) is 5.96. The molecule has 1 N–H and O–H groups in total. The summed E-state index contributed by atoms with van der Waals surface area (Å²) >= 11 is 0. The highest BCUT2D eigenvalue weighted by Crippen LogP contribution is 2.37. The maximum atomic E-state index is 12.7. The fraction of sp³-hybridized carbons (Fsp3) is 0.870. The van der Waals surface area contributed by atoms with Crippen molar-refractivity contribution in [3.05, 3.63) is 0 Å². The summed E-state index contributed by atoms with van der Waals surface area (Å²) in [6, 6.07) is 0. The van der Waals surface area contributed by atoms with Crippen molar-refractivity contribution in [2.24, 2.45) is 28.6 Å². The van der Waals surface area contributed by atoms with E-state index in [0.717, 1.165) is 38.6 Å². The minimum Gasteiger partial charge on any atom is -0.356 e. The Morgan fingerprint density at radius 2 is 1.57 bits per heavy atom. The van der Waals surface area contributed by atoms with E-state index in [-0.39, 0.29) is 34.5 Å². The summed E-state index contributed by atoms with van der Waals surface area (Å²) in [5.74, 6) is 0.784. The lowest BCUT2D eigenvalue weighted by Gasteiger charge is -2.31. The Bertz CT molecular complexity index is 578. The molecule has 0 spiro atoms. The molecule has 160 valence electrons. The summed E-state index contributed by atoms with van der Waals surface area (Å²) in [4.78, 5) is 38.7. The second kappa shape index (κ2) is 8.96. The van der Waals surface area contributed by atoms with Gasteiger partial charge < -0.3 is 5.32 Å². The van der Waals surface area contributed by atoms with E-state index in [0.29, 0.717) is 31.2 Å². The van der Waals surface area contributed by atoms with Crippen LogP contribution in [0.25, 0.3) is 0 Å². The highest BCUT2D eigenvalue weighted by atomic mass is 16.2. The first-order chi connectivity index (χ1) is 12.9. The third kappa shape index (κ3) is 6.59. The second-order valence-electron chi connectivity index (χ2n) is 11.2. The van der Waals surface area contributed by atoms with Gasteiger partial charge >= 0.3 is 0 Å². The van der Waals surface area contributed by atoms with Crippen molar-refractivity contribution in [1.82, 2.24) is 10.2 Å². The van der Waals surface area contributed by atoms with E-state index < -0.39 is 0 Å². The van der Waals surface area contributed by atoms with Crippen LogP contribution in [0.5, 0.6) is 0 Å². The van der Waals surface area contributed by atoms with Gasteiger partial charge in [-0.2, -0.15) is 0 Å². The van der Waals surface area contributed by atoms with Crippen molar-refractivity contribution in [3.63, 3.8) is 0 Å². The number of nitrogens with one attached hydrogen (secondary N) is 1. The third-order valence-corrected chi connectivity index (χ3v) is 6.37. The first kappa shape index (κ1) is 22.9. The zero-order valence-corrected chi connectivity index (χ0v) is 18.8. The van der Waals surface area contributed by atoms with Gasteiger partial charge in [0.05, 0.1) is 5.92 Å². The number of hydrogen-bond donors (Lipinski definition) is 1. The Balaban J connectivity index is 1.73. The quantitative estimate of drug-likeness (QED) is 0.690. The van der Waals surface area contributed by atoms with Crippen LogP contribution in [-0.2, 0) is 14.4 Å². The van der Waals surface area contributed by atoms with E-state index in [1.807, 2.05) is 20.8 Å². The summed E-state index contributed by atoms with van der Waals surface area (Å²) in [6.45, 7) is 13.9. The monoisotopic (exact) mass is 392 g/mol. The number of imide groups is 1. The Morgan fingerprint density at radius 3 is 2.07 bits per heavy atom. The van der Waals surface area contributed by atoms with Crippen LogP contribution in [0.3, 0.4) is 0 Å². The number of amides is 3. The predicted molar refractivity (Wildman–Crippen MR) is 111 cm³/mol. The van der Waals surface area contributed by atoms with Gasteiger partial charge in [0, 0.05) is 25.9 Å². The molecule has 2 rings (SSSR count). The molecule has 5 nitrogen and oxygen atoms in total. The highest BCUT2D eigenvalue weighted by Gasteiger charge is 2.45. The molecule has 2 aliphatic rings. The van der Waals surface area contributed by atoms with Gasteiger partial charge in [0.15, 0.2) is 0 Å². The van der Waals surface area contributed by atoms with E-state index in [1.54, 1.807) is 0 Å². The number of likely N-dealkylation sites (tertiary alicyclic amines) is 1. The molecule has 1 atom stereocenters. The molecular formula is C23H40N2O3. The van der Waals surface area contributed by atoms with Crippen LogP contribution in [0.15, 0.2) is 0 Å². The molecule has 5 heteroatoms. The van der Waals surface area contributed by atoms with Crippen LogP contribution in [0.4, 0.5) is 0 Å². The lowest BCUT2D eigenvalue weighted by Crippen LogP contribution is -2.38. The molecule has 1 heterocycles. The number of carbonyl (C=O) groups excluding carboxylic acids is 3. The molecule has 2 fully saturated rings. The SMILES string of the molecule is CC(C)(C)CCNC(=O)CC1CCC(CN2C(=O)CC(C(C)(C)C)C2=O)CC1. The normalized spacial score (nSPS) is 26.6. The maximum absolute atomic E-state index is 12.7. The lowest BCUT2D eigenvalue weighted by molar-refractivity contribution is -0.141. The van der Waals surface area contributed by atoms with E-state index in [9.17, 15) is 14.4 Å². The van der Waals surface area contributed by atoms with Gasteiger partial charge in [-0.15, -0.1) is 0 Å². The molecule has 1 saturated heterocycles. The van der Waals surface area contributed by atoms with E-state index >= 15 is 0 Å². The van der Waals surface area contributed by atoms with Gasteiger partial charge in [-0.3, -0.25) is 19.3 Å². The molecule has 3 amide bonds. The standard InChI is InChI=1S/C23H40N2O3/c1-22(2,3)11-12-24-19(26)13-16-7-9-17(10-8-16)15-25-20(27)14-18(21(25)28)23(4,5)6/h16-18H,7-15H2,1-6H3,(H,24,26). The zero-order chi connectivity index (χ0) is 21.1. The first-order valence-corrected chi connectivity index (χ1v) is 11.0. The van der Waals surface area contributed by atoms with Gasteiger partial charge in [-0.1, -0.05) is 41.5 Å². The summed E-state index contributed by atoms with van der Waals surface area (Å²) in [5, 5.41) is 3.05. The third-order valence-electron chi connectivity index (χ3n) is 6.37. The minimum absolute atomic E-state index is 0.00901. The van der Waals surface area contributed by atoms with Gasteiger partial charge in [0.1, 0.15) is 0 Å². The van der Waals surface area contributed by atoms with Gasteiger partial charge in [0.25, 0.3) is 0 Å². The Morgan fingerprint density at radius 1 is 1.00 bits per heavy atom. The molecule has 0 aromatic heterocycles. The fourth-order valence-corrected chi connectivity index (χ4v) is 4.34. The summed E-state index contributed by atoms with van der Waals surface area (Å²) < 4.78 is 0. The lowest BCUT2D eigenvalue weighted by atomic mass is 9.79. The number of carbonyl (C=O) groups is 3. The number of nitrogens with zero attached hydrogens (tertiary/aromatic N) is 1. The van der Waals surface area contributed by atoms with Gasteiger partial charge in [-0.05, 0) is 54.8 Å². The topological polar surface area (TPSA) is 66.5 Å². The van der Waals surface area contributed by atoms with E-state index in [4.69, 9.17) is 0 Å². The van der Waals surface area contributed by atoms with E-state index in [1.165, 1.54) is 4.90 Å². The Labute approximate surface area is 171 Å². The van der Waals surface area contributed by atoms with Crippen LogP contribution in [0.1, 0.15) is 86.5 Å². The molecule has 1 aliphatic carbocycles. The van der Waals surface area contributed by atoms with Crippen molar-refractivity contribution in [2.45, 2.75) is 86.5 Å². The van der Waals surface area contributed by atoms with Gasteiger partial charge in [0.2, 0.25) is 17.7 Å². The first-order valence-electron chi connectivity index (χ1n) is 11.0. The highest BCUT2D eigenvalue weighted by molar-refractivity contribution is 6.03. The average molecular weight is 393 g/mol. The molecule has 0 aromatic carbocycles. The molecule has 28 heavy (non-hydrogen) atoms.